The van der Waals surface area contributed by atoms with Crippen LogP contribution in [0.1, 0.15) is 15.9 Å². The van der Waals surface area contributed by atoms with Gasteiger partial charge in [-0.15, -0.1) is 0 Å². The van der Waals surface area contributed by atoms with Crippen molar-refractivity contribution in [3.05, 3.63) is 52.1 Å². The van der Waals surface area contributed by atoms with Gasteiger partial charge in [-0.1, -0.05) is 6.58 Å². The van der Waals surface area contributed by atoms with Crippen LogP contribution in [0.2, 0.25) is 0 Å². The minimum Gasteiger partial charge on any atom is -0.391 e. The number of carbonyl (C=O) groups excluding carboxylic acids is 2. The Hall–Kier alpha value is -2.54. The summed E-state index contributed by atoms with van der Waals surface area (Å²) in [4.78, 5) is 32.2. The number of ether oxygens (including phenoxy) is 1. The van der Waals surface area contributed by atoms with Gasteiger partial charge in [0.1, 0.15) is 0 Å². The first-order valence-electron chi connectivity index (χ1n) is 4.76. The quantitative estimate of drug-likeness (QED) is 0.281. The van der Waals surface area contributed by atoms with Crippen molar-refractivity contribution in [1.82, 2.24) is 0 Å². The van der Waals surface area contributed by atoms with Gasteiger partial charge in [0.2, 0.25) is 0 Å². The van der Waals surface area contributed by atoms with Gasteiger partial charge < -0.3 is 9.84 Å². The van der Waals surface area contributed by atoms with Crippen LogP contribution >= 0.6 is 0 Å². The first kappa shape index (κ1) is 13.5. The number of nitro groups is 1. The number of esters is 2. The molecule has 0 aromatic heterocycles. The van der Waals surface area contributed by atoms with Crippen LogP contribution in [0, 0.1) is 10.1 Å². The molecule has 18 heavy (non-hydrogen) atoms. The monoisotopic (exact) mass is 251 g/mol. The second kappa shape index (κ2) is 5.69. The predicted octanol–water partition coefficient (Wildman–Crippen LogP) is 0.956. The molecule has 1 aromatic rings. The molecule has 0 saturated carbocycles. The second-order valence-electron chi connectivity index (χ2n) is 3.17. The van der Waals surface area contributed by atoms with E-state index in [1.807, 2.05) is 0 Å². The molecule has 0 amide bonds. The molecule has 0 aliphatic rings. The number of aliphatic hydroxyl groups excluding tert-OH is 1. The molecule has 7 nitrogen and oxygen atoms in total. The largest absolute Gasteiger partial charge is 0.391 e. The van der Waals surface area contributed by atoms with Gasteiger partial charge in [-0.3, -0.25) is 10.1 Å². The number of nitro benzene ring substituents is 1. The average molecular weight is 251 g/mol. The van der Waals surface area contributed by atoms with Crippen molar-refractivity contribution in [2.75, 3.05) is 0 Å². The molecule has 0 aliphatic heterocycles. The molecule has 0 aliphatic carbocycles. The Kier molecular flexibility index (Phi) is 4.27. The maximum absolute atomic E-state index is 11.4. The summed E-state index contributed by atoms with van der Waals surface area (Å²) in [7, 11) is 0. The van der Waals surface area contributed by atoms with E-state index in [2.05, 4.69) is 11.3 Å². The Morgan fingerprint density at radius 1 is 1.50 bits per heavy atom. The summed E-state index contributed by atoms with van der Waals surface area (Å²) in [6.45, 7) is 2.58. The third-order valence-corrected chi connectivity index (χ3v) is 2.05. The number of hydrogen-bond donors (Lipinski definition) is 1. The normalized spacial score (nSPS) is 9.61. The summed E-state index contributed by atoms with van der Waals surface area (Å²) in [5, 5.41) is 19.6. The summed E-state index contributed by atoms with van der Waals surface area (Å²) < 4.78 is 4.31. The molecule has 7 heteroatoms. The first-order chi connectivity index (χ1) is 8.49. The number of benzene rings is 1. The minimum atomic E-state index is -1.02. The van der Waals surface area contributed by atoms with Gasteiger partial charge in [-0.25, -0.2) is 9.59 Å². The summed E-state index contributed by atoms with van der Waals surface area (Å²) in [6, 6.07) is 3.37. The minimum absolute atomic E-state index is 0.0617. The van der Waals surface area contributed by atoms with Gasteiger partial charge >= 0.3 is 11.9 Å². The third kappa shape index (κ3) is 2.98. The molecule has 94 valence electrons. The fourth-order valence-electron chi connectivity index (χ4n) is 1.19. The van der Waals surface area contributed by atoms with Crippen LogP contribution in [0.3, 0.4) is 0 Å². The van der Waals surface area contributed by atoms with Crippen molar-refractivity contribution in [2.45, 2.75) is 6.61 Å². The number of carbonyl (C=O) groups is 2. The van der Waals surface area contributed by atoms with Gasteiger partial charge in [0.15, 0.2) is 0 Å². The van der Waals surface area contributed by atoms with E-state index in [0.717, 1.165) is 12.1 Å². The van der Waals surface area contributed by atoms with Crippen LogP contribution in [0.25, 0.3) is 0 Å². The summed E-state index contributed by atoms with van der Waals surface area (Å²) >= 11 is 0. The van der Waals surface area contributed by atoms with Gasteiger partial charge in [0.05, 0.1) is 22.7 Å². The number of rotatable bonds is 4. The molecule has 0 radical (unpaired) electrons. The second-order valence-corrected chi connectivity index (χ2v) is 3.17. The molecule has 0 spiro atoms. The van der Waals surface area contributed by atoms with E-state index in [9.17, 15) is 19.7 Å². The first-order valence-corrected chi connectivity index (χ1v) is 4.76. The maximum atomic E-state index is 11.4. The third-order valence-electron chi connectivity index (χ3n) is 2.05. The number of nitrogens with zero attached hydrogens (tertiary/aromatic N) is 1. The molecule has 0 fully saturated rings. The molecule has 0 bridgehead atoms. The SMILES string of the molecule is C=CC(=O)OC(=O)c1ccc(CO)c([N+](=O)[O-])c1. The van der Waals surface area contributed by atoms with Gasteiger partial charge in [0, 0.05) is 12.1 Å². The van der Waals surface area contributed by atoms with Crippen molar-refractivity contribution in [3.63, 3.8) is 0 Å². The van der Waals surface area contributed by atoms with E-state index in [-0.39, 0.29) is 11.1 Å². The molecule has 1 aromatic carbocycles. The van der Waals surface area contributed by atoms with Crippen molar-refractivity contribution in [2.24, 2.45) is 0 Å². The highest BCUT2D eigenvalue weighted by atomic mass is 16.6. The fraction of sp³-hybridized carbons (Fsp3) is 0.0909. The average Bonchev–Trinajstić information content (AvgIpc) is 2.37. The smallest absolute Gasteiger partial charge is 0.346 e. The molecule has 0 unspecified atom stereocenters. The van der Waals surface area contributed by atoms with Gasteiger partial charge in [0.25, 0.3) is 5.69 Å². The highest BCUT2D eigenvalue weighted by Gasteiger charge is 2.18. The van der Waals surface area contributed by atoms with Crippen LogP contribution in [-0.4, -0.2) is 22.0 Å². The van der Waals surface area contributed by atoms with Crippen LogP contribution in [0.15, 0.2) is 30.9 Å². The summed E-state index contributed by atoms with van der Waals surface area (Å²) in [6.07, 6.45) is 0.800. The van der Waals surface area contributed by atoms with Crippen LogP contribution < -0.4 is 0 Å². The maximum Gasteiger partial charge on any atom is 0.346 e. The van der Waals surface area contributed by atoms with E-state index in [0.29, 0.717) is 0 Å². The Labute approximate surface area is 101 Å². The Balaban J connectivity index is 3.08. The molecule has 1 rings (SSSR count). The molecule has 0 saturated heterocycles. The fourth-order valence-corrected chi connectivity index (χ4v) is 1.19. The van der Waals surface area contributed by atoms with E-state index < -0.39 is 29.2 Å². The molecule has 1 N–H and O–H groups in total. The molecule has 0 atom stereocenters. The van der Waals surface area contributed by atoms with Crippen molar-refractivity contribution in [1.29, 1.82) is 0 Å². The molecular weight excluding hydrogens is 242 g/mol. The van der Waals surface area contributed by atoms with E-state index in [1.165, 1.54) is 12.1 Å². The zero-order valence-corrected chi connectivity index (χ0v) is 9.16. The zero-order chi connectivity index (χ0) is 13.7. The highest BCUT2D eigenvalue weighted by molar-refractivity contribution is 6.00. The molecular formula is C11H9NO6. The van der Waals surface area contributed by atoms with E-state index >= 15 is 0 Å². The van der Waals surface area contributed by atoms with Crippen LogP contribution in [-0.2, 0) is 16.1 Å². The zero-order valence-electron chi connectivity index (χ0n) is 9.16. The van der Waals surface area contributed by atoms with Crippen molar-refractivity contribution in [3.8, 4) is 0 Å². The molecule has 0 heterocycles. The summed E-state index contributed by atoms with van der Waals surface area (Å²) in [5.41, 5.74) is -0.515. The Morgan fingerprint density at radius 3 is 2.67 bits per heavy atom. The van der Waals surface area contributed by atoms with E-state index in [1.54, 1.807) is 0 Å². The lowest BCUT2D eigenvalue weighted by Gasteiger charge is -2.03. The number of aliphatic hydroxyl groups is 1. The lowest BCUT2D eigenvalue weighted by Crippen LogP contribution is -2.10. The Morgan fingerprint density at radius 2 is 2.17 bits per heavy atom. The lowest BCUT2D eigenvalue weighted by atomic mass is 10.1. The lowest BCUT2D eigenvalue weighted by molar-refractivity contribution is -0.385. The highest BCUT2D eigenvalue weighted by Crippen LogP contribution is 2.20. The Bertz CT molecular complexity index is 522. The van der Waals surface area contributed by atoms with E-state index in [4.69, 9.17) is 5.11 Å². The number of hydrogen-bond acceptors (Lipinski definition) is 6. The van der Waals surface area contributed by atoms with Crippen LogP contribution in [0.4, 0.5) is 5.69 Å². The van der Waals surface area contributed by atoms with Gasteiger partial charge in [-0.05, 0) is 12.1 Å². The van der Waals surface area contributed by atoms with Crippen molar-refractivity contribution < 1.29 is 24.4 Å². The standard InChI is InChI=1S/C11H9NO6/c1-2-10(14)18-11(15)7-3-4-8(6-13)9(5-7)12(16)17/h2-5,13H,1,6H2. The summed E-state index contributed by atoms with van der Waals surface area (Å²) in [5.74, 6) is -1.97. The topological polar surface area (TPSA) is 107 Å². The van der Waals surface area contributed by atoms with Gasteiger partial charge in [-0.2, -0.15) is 0 Å². The van der Waals surface area contributed by atoms with Crippen LogP contribution in [0.5, 0.6) is 0 Å². The van der Waals surface area contributed by atoms with Crippen molar-refractivity contribution >= 4 is 17.6 Å². The predicted molar refractivity (Wildman–Crippen MR) is 59.6 cm³/mol.